The normalized spacial score (nSPS) is 12.9. The summed E-state index contributed by atoms with van der Waals surface area (Å²) < 4.78 is 0. The van der Waals surface area contributed by atoms with Gasteiger partial charge in [-0.2, -0.15) is 0 Å². The lowest BCUT2D eigenvalue weighted by Gasteiger charge is -2.16. The molecule has 14 heavy (non-hydrogen) atoms. The highest BCUT2D eigenvalue weighted by atomic mass is 16.1. The molecule has 1 nitrogen and oxygen atoms in total. The van der Waals surface area contributed by atoms with E-state index in [1.165, 1.54) is 11.1 Å². The zero-order chi connectivity index (χ0) is 10.6. The van der Waals surface area contributed by atoms with Gasteiger partial charge in [0.1, 0.15) is 6.29 Å². The zero-order valence-corrected chi connectivity index (χ0v) is 9.16. The lowest BCUT2D eigenvalue weighted by atomic mass is 9.88. The highest BCUT2D eigenvalue weighted by molar-refractivity contribution is 5.52. The molecular weight excluding hydrogens is 172 g/mol. The van der Waals surface area contributed by atoms with Crippen LogP contribution in [0.4, 0.5) is 0 Å². The second-order valence-corrected chi connectivity index (χ2v) is 4.09. The molecule has 0 aliphatic carbocycles. The summed E-state index contributed by atoms with van der Waals surface area (Å²) in [5.74, 6) is 0.867. The van der Waals surface area contributed by atoms with Crippen molar-refractivity contribution in [3.8, 4) is 0 Å². The summed E-state index contributed by atoms with van der Waals surface area (Å²) in [5.41, 5.74) is 2.68. The number of rotatable bonds is 4. The molecule has 76 valence electrons. The number of hydrogen-bond acceptors (Lipinski definition) is 1. The van der Waals surface area contributed by atoms with Gasteiger partial charge in [0.15, 0.2) is 0 Å². The minimum Gasteiger partial charge on any atom is -0.303 e. The molecule has 1 heteroatoms. The SMILES string of the molecule is CC(C)c1ccccc1[C@H](C)CC=O. The van der Waals surface area contributed by atoms with Crippen LogP contribution in [-0.4, -0.2) is 6.29 Å². The Kier molecular flexibility index (Phi) is 3.87. The van der Waals surface area contributed by atoms with E-state index in [1.54, 1.807) is 0 Å². The third-order valence-electron chi connectivity index (χ3n) is 2.60. The molecule has 0 N–H and O–H groups in total. The molecule has 0 aliphatic heterocycles. The fraction of sp³-hybridized carbons (Fsp3) is 0.462. The van der Waals surface area contributed by atoms with Crippen LogP contribution >= 0.6 is 0 Å². The summed E-state index contributed by atoms with van der Waals surface area (Å²) in [4.78, 5) is 10.5. The molecule has 0 saturated carbocycles. The van der Waals surface area contributed by atoms with Crippen molar-refractivity contribution in [2.45, 2.75) is 39.0 Å². The summed E-state index contributed by atoms with van der Waals surface area (Å²) in [6.07, 6.45) is 1.62. The van der Waals surface area contributed by atoms with E-state index in [9.17, 15) is 4.79 Å². The van der Waals surface area contributed by atoms with Gasteiger partial charge in [-0.05, 0) is 23.0 Å². The van der Waals surface area contributed by atoms with Crippen molar-refractivity contribution in [3.05, 3.63) is 35.4 Å². The number of benzene rings is 1. The smallest absolute Gasteiger partial charge is 0.120 e. The highest BCUT2D eigenvalue weighted by Gasteiger charge is 2.11. The fourth-order valence-corrected chi connectivity index (χ4v) is 1.76. The van der Waals surface area contributed by atoms with E-state index in [-0.39, 0.29) is 0 Å². The average Bonchev–Trinajstić information content (AvgIpc) is 2.18. The third kappa shape index (κ3) is 2.44. The molecule has 0 saturated heterocycles. The fourth-order valence-electron chi connectivity index (χ4n) is 1.76. The highest BCUT2D eigenvalue weighted by Crippen LogP contribution is 2.27. The number of hydrogen-bond donors (Lipinski definition) is 0. The Labute approximate surface area is 86.1 Å². The minimum atomic E-state index is 0.339. The lowest BCUT2D eigenvalue weighted by Crippen LogP contribution is -2.01. The van der Waals surface area contributed by atoms with Crippen LogP contribution in [-0.2, 0) is 4.79 Å². The van der Waals surface area contributed by atoms with Gasteiger partial charge in [-0.25, -0.2) is 0 Å². The summed E-state index contributed by atoms with van der Waals surface area (Å²) >= 11 is 0. The molecule has 0 amide bonds. The number of aldehydes is 1. The maximum atomic E-state index is 10.5. The van der Waals surface area contributed by atoms with Crippen molar-refractivity contribution in [1.29, 1.82) is 0 Å². The predicted molar refractivity (Wildman–Crippen MR) is 59.6 cm³/mol. The first-order valence-electron chi connectivity index (χ1n) is 5.19. The second kappa shape index (κ2) is 4.94. The average molecular weight is 190 g/mol. The van der Waals surface area contributed by atoms with Gasteiger partial charge in [0.05, 0.1) is 0 Å². The molecule has 0 radical (unpaired) electrons. The molecule has 0 aliphatic rings. The monoisotopic (exact) mass is 190 g/mol. The second-order valence-electron chi connectivity index (χ2n) is 4.09. The first kappa shape index (κ1) is 11.0. The first-order valence-corrected chi connectivity index (χ1v) is 5.19. The Morgan fingerprint density at radius 3 is 2.21 bits per heavy atom. The van der Waals surface area contributed by atoms with Crippen molar-refractivity contribution < 1.29 is 4.79 Å². The van der Waals surface area contributed by atoms with Gasteiger partial charge in [-0.3, -0.25) is 0 Å². The van der Waals surface area contributed by atoms with Crippen LogP contribution < -0.4 is 0 Å². The van der Waals surface area contributed by atoms with Crippen LogP contribution in [0.25, 0.3) is 0 Å². The molecule has 1 rings (SSSR count). The van der Waals surface area contributed by atoms with Gasteiger partial charge >= 0.3 is 0 Å². The van der Waals surface area contributed by atoms with Crippen LogP contribution in [0, 0.1) is 0 Å². The van der Waals surface area contributed by atoms with Gasteiger partial charge in [0.2, 0.25) is 0 Å². The predicted octanol–water partition coefficient (Wildman–Crippen LogP) is 3.50. The summed E-state index contributed by atoms with van der Waals surface area (Å²) in [5, 5.41) is 0. The van der Waals surface area contributed by atoms with E-state index in [1.807, 2.05) is 6.07 Å². The Bertz CT molecular complexity index is 302. The van der Waals surface area contributed by atoms with Gasteiger partial charge in [0, 0.05) is 6.42 Å². The van der Waals surface area contributed by atoms with Crippen molar-refractivity contribution in [3.63, 3.8) is 0 Å². The summed E-state index contributed by atoms with van der Waals surface area (Å²) in [6, 6.07) is 8.39. The molecule has 0 heterocycles. The first-order chi connectivity index (χ1) is 6.66. The molecule has 1 aromatic carbocycles. The van der Waals surface area contributed by atoms with Crippen molar-refractivity contribution in [1.82, 2.24) is 0 Å². The molecule has 0 spiro atoms. The van der Waals surface area contributed by atoms with E-state index in [4.69, 9.17) is 0 Å². The van der Waals surface area contributed by atoms with Gasteiger partial charge < -0.3 is 4.79 Å². The van der Waals surface area contributed by atoms with Crippen LogP contribution in [0.15, 0.2) is 24.3 Å². The van der Waals surface area contributed by atoms with Crippen molar-refractivity contribution in [2.24, 2.45) is 0 Å². The lowest BCUT2D eigenvalue weighted by molar-refractivity contribution is -0.108. The topological polar surface area (TPSA) is 17.1 Å². The van der Waals surface area contributed by atoms with Crippen LogP contribution in [0.5, 0.6) is 0 Å². The number of carbonyl (C=O) groups is 1. The Morgan fingerprint density at radius 1 is 1.14 bits per heavy atom. The van der Waals surface area contributed by atoms with E-state index >= 15 is 0 Å². The molecule has 1 atom stereocenters. The van der Waals surface area contributed by atoms with E-state index in [2.05, 4.69) is 39.0 Å². The van der Waals surface area contributed by atoms with E-state index in [0.717, 1.165) is 6.29 Å². The molecule has 0 bridgehead atoms. The number of carbonyl (C=O) groups excluding carboxylic acids is 1. The van der Waals surface area contributed by atoms with E-state index < -0.39 is 0 Å². The Balaban J connectivity index is 2.99. The maximum absolute atomic E-state index is 10.5. The molecule has 1 aromatic rings. The Morgan fingerprint density at radius 2 is 1.71 bits per heavy atom. The molecule has 0 aromatic heterocycles. The van der Waals surface area contributed by atoms with Crippen molar-refractivity contribution >= 4 is 6.29 Å². The van der Waals surface area contributed by atoms with Gasteiger partial charge in [-0.1, -0.05) is 45.0 Å². The van der Waals surface area contributed by atoms with Crippen LogP contribution in [0.3, 0.4) is 0 Å². The standard InChI is InChI=1S/C13H18O/c1-10(2)12-6-4-5-7-13(12)11(3)8-9-14/h4-7,9-11H,8H2,1-3H3/t11-/m1/s1. The maximum Gasteiger partial charge on any atom is 0.120 e. The van der Waals surface area contributed by atoms with E-state index in [0.29, 0.717) is 18.3 Å². The molecule has 0 unspecified atom stereocenters. The quantitative estimate of drug-likeness (QED) is 0.664. The van der Waals surface area contributed by atoms with Gasteiger partial charge in [0.25, 0.3) is 0 Å². The summed E-state index contributed by atoms with van der Waals surface area (Å²) in [6.45, 7) is 6.48. The third-order valence-corrected chi connectivity index (χ3v) is 2.60. The summed E-state index contributed by atoms with van der Waals surface area (Å²) in [7, 11) is 0. The largest absolute Gasteiger partial charge is 0.303 e. The van der Waals surface area contributed by atoms with Crippen LogP contribution in [0.1, 0.15) is 50.2 Å². The zero-order valence-electron chi connectivity index (χ0n) is 9.16. The van der Waals surface area contributed by atoms with Crippen LogP contribution in [0.2, 0.25) is 0 Å². The van der Waals surface area contributed by atoms with Crippen molar-refractivity contribution in [2.75, 3.05) is 0 Å². The molecule has 0 fully saturated rings. The Hall–Kier alpha value is -1.11. The molecular formula is C13H18O. The minimum absolute atomic E-state index is 0.339. The van der Waals surface area contributed by atoms with Gasteiger partial charge in [-0.15, -0.1) is 0 Å².